The lowest BCUT2D eigenvalue weighted by molar-refractivity contribution is -0.138. The highest BCUT2D eigenvalue weighted by molar-refractivity contribution is 6.09. The first kappa shape index (κ1) is 26.4. The molecule has 0 heterocycles. The Morgan fingerprint density at radius 1 is 0.871 bits per heavy atom. The van der Waals surface area contributed by atoms with Crippen LogP contribution in [0.4, 0.5) is 0 Å². The van der Waals surface area contributed by atoms with Gasteiger partial charge in [-0.3, -0.25) is 9.59 Å². The van der Waals surface area contributed by atoms with E-state index in [9.17, 15) is 9.59 Å². The molecule has 2 aromatic carbocycles. The minimum atomic E-state index is -1.59. The molecule has 0 bridgehead atoms. The number of carbonyl (C=O) groups is 2. The van der Waals surface area contributed by atoms with Gasteiger partial charge in [-0.05, 0) is 18.6 Å². The summed E-state index contributed by atoms with van der Waals surface area (Å²) in [6, 6.07) is 15.7. The summed E-state index contributed by atoms with van der Waals surface area (Å²) in [6.45, 7) is 0.695. The number of aliphatic carboxylic acids is 1. The fourth-order valence-corrected chi connectivity index (χ4v) is 2.55. The van der Waals surface area contributed by atoms with Gasteiger partial charge < -0.3 is 36.4 Å². The van der Waals surface area contributed by atoms with Crippen LogP contribution in [0.3, 0.4) is 0 Å². The summed E-state index contributed by atoms with van der Waals surface area (Å²) in [7, 11) is 0. The average molecular weight is 435 g/mol. The quantitative estimate of drug-likeness (QED) is 0.255. The van der Waals surface area contributed by atoms with Crippen LogP contribution in [0.5, 0.6) is 0 Å². The summed E-state index contributed by atoms with van der Waals surface area (Å²) < 4.78 is 0. The molecule has 0 aliphatic rings. The highest BCUT2D eigenvalue weighted by Gasteiger charge is 2.28. The molecule has 0 amide bonds. The Morgan fingerprint density at radius 2 is 1.42 bits per heavy atom. The Morgan fingerprint density at radius 3 is 1.94 bits per heavy atom. The van der Waals surface area contributed by atoms with E-state index in [-0.39, 0.29) is 12.3 Å². The van der Waals surface area contributed by atoms with Crippen LogP contribution < -0.4 is 5.73 Å². The number of aliphatic hydroxyl groups is 5. The summed E-state index contributed by atoms with van der Waals surface area (Å²) in [4.78, 5) is 23.2. The summed E-state index contributed by atoms with van der Waals surface area (Å²) in [5.41, 5.74) is 6.73. The van der Waals surface area contributed by atoms with E-state index in [0.717, 1.165) is 0 Å². The molecule has 0 fully saturated rings. The van der Waals surface area contributed by atoms with Gasteiger partial charge in [0.25, 0.3) is 0 Å². The number of rotatable bonds is 9. The molecule has 0 aliphatic heterocycles. The summed E-state index contributed by atoms with van der Waals surface area (Å²) in [6.07, 6.45) is -5.91. The second-order valence-corrected chi connectivity index (χ2v) is 6.91. The maximum Gasteiger partial charge on any atom is 0.310 e. The largest absolute Gasteiger partial charge is 0.481 e. The predicted molar refractivity (Wildman–Crippen MR) is 113 cm³/mol. The van der Waals surface area contributed by atoms with E-state index in [1.54, 1.807) is 55.5 Å². The molecule has 5 atom stereocenters. The number of nitrogens with two attached hydrogens (primary N) is 1. The summed E-state index contributed by atoms with van der Waals surface area (Å²) >= 11 is 0. The lowest BCUT2D eigenvalue weighted by Crippen LogP contribution is -2.48. The molecule has 8 N–H and O–H groups in total. The predicted octanol–water partition coefficient (Wildman–Crippen LogP) is -0.513. The van der Waals surface area contributed by atoms with Crippen molar-refractivity contribution in [1.82, 2.24) is 0 Å². The third-order valence-corrected chi connectivity index (χ3v) is 4.62. The van der Waals surface area contributed by atoms with E-state index >= 15 is 0 Å². The molecular formula is C22H29NO8. The number of carboxylic acids is 1. The van der Waals surface area contributed by atoms with Crippen molar-refractivity contribution >= 4 is 11.8 Å². The molecule has 0 aromatic heterocycles. The zero-order chi connectivity index (χ0) is 23.6. The topological polar surface area (TPSA) is 182 Å². The minimum Gasteiger partial charge on any atom is -0.481 e. The number of carbonyl (C=O) groups excluding carboxylic acids is 1. The van der Waals surface area contributed by atoms with Gasteiger partial charge in [-0.25, -0.2) is 0 Å². The average Bonchev–Trinajstić information content (AvgIpc) is 2.81. The molecule has 31 heavy (non-hydrogen) atoms. The molecule has 2 aromatic rings. The summed E-state index contributed by atoms with van der Waals surface area (Å²) in [5.74, 6) is -1.62. The van der Waals surface area contributed by atoms with Crippen molar-refractivity contribution in [3.63, 3.8) is 0 Å². The van der Waals surface area contributed by atoms with Crippen LogP contribution in [-0.4, -0.2) is 80.0 Å². The molecule has 9 heteroatoms. The highest BCUT2D eigenvalue weighted by atomic mass is 16.4. The van der Waals surface area contributed by atoms with Crippen LogP contribution in [0, 0.1) is 0 Å². The molecule has 0 spiro atoms. The SMILES string of the molecule is C[C@@H](C(=O)O)c1cccc(C(=O)c2ccccc2)c1.NC[C@H](O)[C@@H](O)[C@H](O)[C@H](O)CO. The Kier molecular flexibility index (Phi) is 11.0. The zero-order valence-electron chi connectivity index (χ0n) is 17.1. The van der Waals surface area contributed by atoms with Crippen LogP contribution in [0.1, 0.15) is 34.3 Å². The lowest BCUT2D eigenvalue weighted by atomic mass is 9.96. The van der Waals surface area contributed by atoms with Crippen LogP contribution in [-0.2, 0) is 4.79 Å². The molecule has 0 saturated carbocycles. The fraction of sp³-hybridized carbons (Fsp3) is 0.364. The molecule has 0 radical (unpaired) electrons. The van der Waals surface area contributed by atoms with Gasteiger partial charge in [0.1, 0.15) is 18.3 Å². The monoisotopic (exact) mass is 435 g/mol. The van der Waals surface area contributed by atoms with Gasteiger partial charge in [-0.2, -0.15) is 0 Å². The molecule has 170 valence electrons. The van der Waals surface area contributed by atoms with E-state index in [4.69, 9.17) is 36.4 Å². The Bertz CT molecular complexity index is 815. The second kappa shape index (κ2) is 12.9. The van der Waals surface area contributed by atoms with Crippen LogP contribution in [0.2, 0.25) is 0 Å². The first-order valence-corrected chi connectivity index (χ1v) is 9.59. The maximum absolute atomic E-state index is 12.2. The van der Waals surface area contributed by atoms with Crippen molar-refractivity contribution in [2.45, 2.75) is 37.3 Å². The van der Waals surface area contributed by atoms with E-state index in [2.05, 4.69) is 0 Å². The van der Waals surface area contributed by atoms with Gasteiger partial charge >= 0.3 is 5.97 Å². The Hall–Kier alpha value is -2.66. The standard InChI is InChI=1S/C16H14O3.C6H15NO5/c1-11(16(18)19)13-8-5-9-14(10-13)15(17)12-6-3-2-4-7-12;7-1-3(9)5(11)6(12)4(10)2-8/h2-11H,1H3,(H,18,19);3-6,8-12H,1-2,7H2/t11-;3-,4+,5+,6+/m10/s1. The van der Waals surface area contributed by atoms with Gasteiger partial charge in [0, 0.05) is 17.7 Å². The van der Waals surface area contributed by atoms with Gasteiger partial charge in [0.05, 0.1) is 18.6 Å². The van der Waals surface area contributed by atoms with Crippen LogP contribution >= 0.6 is 0 Å². The molecule has 0 saturated heterocycles. The van der Waals surface area contributed by atoms with Gasteiger partial charge in [0.15, 0.2) is 5.78 Å². The van der Waals surface area contributed by atoms with Crippen molar-refractivity contribution in [2.24, 2.45) is 5.73 Å². The smallest absolute Gasteiger partial charge is 0.310 e. The van der Waals surface area contributed by atoms with Crippen LogP contribution in [0.15, 0.2) is 54.6 Å². The minimum absolute atomic E-state index is 0.0972. The number of aliphatic hydroxyl groups excluding tert-OH is 5. The van der Waals surface area contributed by atoms with Crippen molar-refractivity contribution in [3.8, 4) is 0 Å². The highest BCUT2D eigenvalue weighted by Crippen LogP contribution is 2.18. The van der Waals surface area contributed by atoms with Gasteiger partial charge in [0.2, 0.25) is 0 Å². The lowest BCUT2D eigenvalue weighted by Gasteiger charge is -2.24. The number of carboxylic acid groups (broad SMARTS) is 1. The van der Waals surface area contributed by atoms with Crippen molar-refractivity contribution in [1.29, 1.82) is 0 Å². The van der Waals surface area contributed by atoms with Crippen molar-refractivity contribution in [2.75, 3.05) is 13.2 Å². The fourth-order valence-electron chi connectivity index (χ4n) is 2.55. The zero-order valence-corrected chi connectivity index (χ0v) is 17.1. The van der Waals surface area contributed by atoms with Crippen molar-refractivity contribution < 1.29 is 40.2 Å². The van der Waals surface area contributed by atoms with Gasteiger partial charge in [-0.1, -0.05) is 48.5 Å². The number of hydrogen-bond acceptors (Lipinski definition) is 8. The normalized spacial score (nSPS) is 15.6. The van der Waals surface area contributed by atoms with E-state index in [0.29, 0.717) is 16.7 Å². The third kappa shape index (κ3) is 7.83. The Labute approximate surface area is 180 Å². The maximum atomic E-state index is 12.2. The first-order chi connectivity index (χ1) is 14.6. The van der Waals surface area contributed by atoms with E-state index in [1.165, 1.54) is 0 Å². The van der Waals surface area contributed by atoms with E-state index in [1.807, 2.05) is 6.07 Å². The van der Waals surface area contributed by atoms with Crippen molar-refractivity contribution in [3.05, 3.63) is 71.3 Å². The second-order valence-electron chi connectivity index (χ2n) is 6.91. The van der Waals surface area contributed by atoms with Gasteiger partial charge in [-0.15, -0.1) is 0 Å². The molecule has 0 unspecified atom stereocenters. The molecular weight excluding hydrogens is 406 g/mol. The third-order valence-electron chi connectivity index (χ3n) is 4.62. The summed E-state index contributed by atoms with van der Waals surface area (Å²) in [5, 5.41) is 53.2. The molecule has 0 aliphatic carbocycles. The number of benzene rings is 2. The number of hydrogen-bond donors (Lipinski definition) is 7. The molecule has 9 nitrogen and oxygen atoms in total. The first-order valence-electron chi connectivity index (χ1n) is 9.59. The van der Waals surface area contributed by atoms with E-state index < -0.39 is 42.9 Å². The van der Waals surface area contributed by atoms with Crippen LogP contribution in [0.25, 0.3) is 0 Å². The Balaban J connectivity index is 0.000000348. The molecule has 2 rings (SSSR count). The number of ketones is 1.